The summed E-state index contributed by atoms with van der Waals surface area (Å²) in [7, 11) is 1.87. The molecule has 0 aliphatic rings. The zero-order valence-electron chi connectivity index (χ0n) is 17.1. The summed E-state index contributed by atoms with van der Waals surface area (Å²) in [5, 5.41) is 5.83. The largest absolute Gasteiger partial charge is 0.350 e. The fourth-order valence-corrected chi connectivity index (χ4v) is 3.79. The number of fused-ring (bicyclic) bond motifs is 2. The number of carbonyl (C=O) groups is 2. The van der Waals surface area contributed by atoms with Crippen LogP contribution in [0.1, 0.15) is 27.3 Å². The summed E-state index contributed by atoms with van der Waals surface area (Å²) < 4.78 is 3.51. The lowest BCUT2D eigenvalue weighted by atomic mass is 10.1. The lowest BCUT2D eigenvalue weighted by molar-refractivity contribution is -0.121. The third-order valence-electron chi connectivity index (χ3n) is 5.01. The maximum absolute atomic E-state index is 12.6. The number of aromatic nitrogens is 5. The summed E-state index contributed by atoms with van der Waals surface area (Å²) in [6.07, 6.45) is 3.70. The van der Waals surface area contributed by atoms with Gasteiger partial charge in [0.25, 0.3) is 11.7 Å². The van der Waals surface area contributed by atoms with Crippen molar-refractivity contribution in [1.29, 1.82) is 0 Å². The molecule has 3 heterocycles. The number of rotatable bonds is 4. The highest BCUT2D eigenvalue weighted by Gasteiger charge is 2.18. The number of nitrogens with zero attached hydrogens (tertiary/aromatic N) is 5. The van der Waals surface area contributed by atoms with Crippen LogP contribution >= 0.6 is 11.8 Å². The Labute approximate surface area is 176 Å². The molecule has 154 valence electrons. The average molecular weight is 424 g/mol. The second kappa shape index (κ2) is 7.79. The number of carbonyl (C=O) groups excluding carboxylic acids is 2. The number of amides is 2. The van der Waals surface area contributed by atoms with Gasteiger partial charge in [0.2, 0.25) is 11.1 Å². The van der Waals surface area contributed by atoms with Gasteiger partial charge >= 0.3 is 0 Å². The number of para-hydroxylation sites is 1. The Hall–Kier alpha value is -3.40. The Kier molecular flexibility index (Phi) is 5.17. The van der Waals surface area contributed by atoms with Gasteiger partial charge in [0.05, 0.1) is 12.0 Å². The molecule has 0 aliphatic heterocycles. The van der Waals surface area contributed by atoms with Crippen LogP contribution in [-0.2, 0) is 18.3 Å². The topological polar surface area (TPSA) is 106 Å². The monoisotopic (exact) mass is 423 g/mol. The van der Waals surface area contributed by atoms with Crippen molar-refractivity contribution in [2.75, 3.05) is 6.26 Å². The fraction of sp³-hybridized carbons (Fsp3) is 0.250. The van der Waals surface area contributed by atoms with Gasteiger partial charge in [0, 0.05) is 41.1 Å². The minimum absolute atomic E-state index is 0.0604. The number of nitrogens with one attached hydrogen (secondary N) is 2. The van der Waals surface area contributed by atoms with Gasteiger partial charge < -0.3 is 4.57 Å². The molecule has 1 aromatic carbocycles. The Morgan fingerprint density at radius 2 is 1.90 bits per heavy atom. The van der Waals surface area contributed by atoms with Crippen LogP contribution in [0.25, 0.3) is 16.7 Å². The molecule has 3 aromatic heterocycles. The Morgan fingerprint density at radius 1 is 1.13 bits per heavy atom. The first-order chi connectivity index (χ1) is 14.4. The summed E-state index contributed by atoms with van der Waals surface area (Å²) in [4.78, 5) is 33.9. The number of aryl methyl sites for hydroxylation is 3. The van der Waals surface area contributed by atoms with E-state index in [1.165, 1.54) is 11.8 Å². The maximum atomic E-state index is 12.6. The number of hydrogen-bond acceptors (Lipinski definition) is 6. The van der Waals surface area contributed by atoms with Crippen LogP contribution in [0.3, 0.4) is 0 Å². The second-order valence-corrected chi connectivity index (χ2v) is 7.69. The van der Waals surface area contributed by atoms with Gasteiger partial charge in [-0.2, -0.15) is 4.98 Å². The number of hydrazine groups is 1. The van der Waals surface area contributed by atoms with Crippen molar-refractivity contribution in [3.05, 3.63) is 53.0 Å². The predicted octanol–water partition coefficient (Wildman–Crippen LogP) is 1.96. The van der Waals surface area contributed by atoms with Gasteiger partial charge in [-0.1, -0.05) is 30.0 Å². The van der Waals surface area contributed by atoms with Crippen LogP contribution in [0, 0.1) is 13.8 Å². The van der Waals surface area contributed by atoms with E-state index < -0.39 is 0 Å². The van der Waals surface area contributed by atoms with Crippen LogP contribution < -0.4 is 10.9 Å². The summed E-state index contributed by atoms with van der Waals surface area (Å²) in [5.74, 6) is -0.216. The number of hydrogen-bond donors (Lipinski definition) is 2. The number of benzene rings is 1. The first-order valence-corrected chi connectivity index (χ1v) is 10.5. The van der Waals surface area contributed by atoms with Crippen molar-refractivity contribution < 1.29 is 9.59 Å². The van der Waals surface area contributed by atoms with E-state index in [-0.39, 0.29) is 18.2 Å². The van der Waals surface area contributed by atoms with Crippen LogP contribution in [0.4, 0.5) is 0 Å². The first kappa shape index (κ1) is 19.9. The molecular formula is C20H21N7O2S. The van der Waals surface area contributed by atoms with Crippen molar-refractivity contribution in [1.82, 2.24) is 35.0 Å². The Bertz CT molecular complexity index is 1290. The molecule has 0 unspecified atom stereocenters. The van der Waals surface area contributed by atoms with E-state index in [1.54, 1.807) is 10.7 Å². The highest BCUT2D eigenvalue weighted by molar-refractivity contribution is 7.98. The van der Waals surface area contributed by atoms with Crippen molar-refractivity contribution in [2.45, 2.75) is 25.4 Å². The smallest absolute Gasteiger partial charge is 0.271 e. The predicted molar refractivity (Wildman–Crippen MR) is 114 cm³/mol. The standard InChI is InChI=1S/C20H21N7O2S/c1-11-14(12(2)27-19(21-11)22-20(25-27)30-4)9-17(28)23-24-18(29)15-10-26(3)16-8-6-5-7-13(15)16/h5-8,10H,9H2,1-4H3,(H,23,28)(H,24,29). The summed E-state index contributed by atoms with van der Waals surface area (Å²) in [6.45, 7) is 3.70. The van der Waals surface area contributed by atoms with Gasteiger partial charge in [-0.25, -0.2) is 9.50 Å². The lowest BCUT2D eigenvalue weighted by Gasteiger charge is -2.11. The van der Waals surface area contributed by atoms with Gasteiger partial charge in [0.1, 0.15) is 0 Å². The van der Waals surface area contributed by atoms with Crippen LogP contribution in [0.15, 0.2) is 35.6 Å². The van der Waals surface area contributed by atoms with Crippen molar-refractivity contribution >= 4 is 40.3 Å². The molecule has 2 N–H and O–H groups in total. The van der Waals surface area contributed by atoms with Crippen LogP contribution in [-0.4, -0.2) is 42.2 Å². The zero-order chi connectivity index (χ0) is 21.4. The quantitative estimate of drug-likeness (QED) is 0.384. The highest BCUT2D eigenvalue weighted by Crippen LogP contribution is 2.20. The molecule has 0 radical (unpaired) electrons. The van der Waals surface area contributed by atoms with E-state index in [9.17, 15) is 9.59 Å². The molecule has 2 amide bonds. The minimum Gasteiger partial charge on any atom is -0.350 e. The molecule has 10 heteroatoms. The molecule has 4 rings (SSSR count). The Balaban J connectivity index is 1.49. The van der Waals surface area contributed by atoms with Crippen molar-refractivity contribution in [3.8, 4) is 0 Å². The van der Waals surface area contributed by atoms with Crippen LogP contribution in [0.5, 0.6) is 0 Å². The normalized spacial score (nSPS) is 11.2. The highest BCUT2D eigenvalue weighted by atomic mass is 32.2. The molecular weight excluding hydrogens is 402 g/mol. The van der Waals surface area contributed by atoms with E-state index in [2.05, 4.69) is 25.9 Å². The van der Waals surface area contributed by atoms with Gasteiger partial charge in [-0.3, -0.25) is 20.4 Å². The third-order valence-corrected chi connectivity index (χ3v) is 5.54. The third kappa shape index (κ3) is 3.50. The van der Waals surface area contributed by atoms with Crippen molar-refractivity contribution in [2.24, 2.45) is 7.05 Å². The molecule has 0 atom stereocenters. The molecule has 0 saturated carbocycles. The lowest BCUT2D eigenvalue weighted by Crippen LogP contribution is -2.42. The number of thioether (sulfide) groups is 1. The molecule has 0 fully saturated rings. The van der Waals surface area contributed by atoms with E-state index in [4.69, 9.17) is 0 Å². The van der Waals surface area contributed by atoms with Gasteiger partial charge in [-0.15, -0.1) is 5.10 Å². The van der Waals surface area contributed by atoms with E-state index in [1.807, 2.05) is 56.0 Å². The molecule has 0 bridgehead atoms. The fourth-order valence-electron chi connectivity index (χ4n) is 3.45. The maximum Gasteiger partial charge on any atom is 0.271 e. The molecule has 9 nitrogen and oxygen atoms in total. The van der Waals surface area contributed by atoms with E-state index in [0.717, 1.165) is 22.2 Å². The zero-order valence-corrected chi connectivity index (χ0v) is 17.9. The van der Waals surface area contributed by atoms with Crippen molar-refractivity contribution in [3.63, 3.8) is 0 Å². The van der Waals surface area contributed by atoms with E-state index >= 15 is 0 Å². The second-order valence-electron chi connectivity index (χ2n) is 6.92. The summed E-state index contributed by atoms with van der Waals surface area (Å²) >= 11 is 1.43. The Morgan fingerprint density at radius 3 is 2.67 bits per heavy atom. The molecule has 4 aromatic rings. The van der Waals surface area contributed by atoms with Gasteiger partial charge in [-0.05, 0) is 26.2 Å². The first-order valence-electron chi connectivity index (χ1n) is 9.29. The van der Waals surface area contributed by atoms with Gasteiger partial charge in [0.15, 0.2) is 0 Å². The molecule has 0 spiro atoms. The molecule has 30 heavy (non-hydrogen) atoms. The molecule has 0 aliphatic carbocycles. The van der Waals surface area contributed by atoms with Crippen LogP contribution in [0.2, 0.25) is 0 Å². The van der Waals surface area contributed by atoms with E-state index in [0.29, 0.717) is 22.2 Å². The summed E-state index contributed by atoms with van der Waals surface area (Å²) in [6, 6.07) is 7.60. The molecule has 0 saturated heterocycles. The minimum atomic E-state index is -0.372. The average Bonchev–Trinajstić information content (AvgIpc) is 3.30. The summed E-state index contributed by atoms with van der Waals surface area (Å²) in [5.41, 5.74) is 8.68. The SMILES string of the molecule is CSc1nc2nc(C)c(CC(=O)NNC(=O)c3cn(C)c4ccccc34)c(C)n2n1.